The maximum Gasteiger partial charge on any atom is 0.313 e. The van der Waals surface area contributed by atoms with Crippen LogP contribution in [0.5, 0.6) is 0 Å². The van der Waals surface area contributed by atoms with Crippen molar-refractivity contribution in [1.82, 2.24) is 3.53 Å². The van der Waals surface area contributed by atoms with Crippen LogP contribution in [0.25, 0.3) is 0 Å². The summed E-state index contributed by atoms with van der Waals surface area (Å²) in [4.78, 5) is 12.6. The Bertz CT molecular complexity index is 461. The summed E-state index contributed by atoms with van der Waals surface area (Å²) in [6.45, 7) is 5.91. The van der Waals surface area contributed by atoms with E-state index in [0.29, 0.717) is 17.8 Å². The van der Waals surface area contributed by atoms with Gasteiger partial charge in [-0.25, -0.2) is 0 Å². The summed E-state index contributed by atoms with van der Waals surface area (Å²) in [7, 11) is 0. The highest BCUT2D eigenvalue weighted by Crippen LogP contribution is 2.56. The van der Waals surface area contributed by atoms with Crippen LogP contribution in [0.2, 0.25) is 0 Å². The predicted octanol–water partition coefficient (Wildman–Crippen LogP) is 3.60. The third-order valence-electron chi connectivity index (χ3n) is 6.98. The summed E-state index contributed by atoms with van der Waals surface area (Å²) < 4.78 is 9.04. The molecule has 2 N–H and O–H groups in total. The van der Waals surface area contributed by atoms with E-state index in [1.807, 2.05) is 20.8 Å². The second kappa shape index (κ2) is 6.45. The standard InChI is InChI=1S/C18H30INO3/c1-11(20-19)17(2,3)16(21)23-15-10-12-8-13(15)9-14(12)18(22)6-4-5-7-18/h11-15,20,22H,4-10H2,1-3H3. The van der Waals surface area contributed by atoms with Crippen molar-refractivity contribution in [2.24, 2.45) is 23.2 Å². The van der Waals surface area contributed by atoms with Crippen molar-refractivity contribution in [3.63, 3.8) is 0 Å². The smallest absolute Gasteiger partial charge is 0.313 e. The van der Waals surface area contributed by atoms with E-state index < -0.39 is 11.0 Å². The fourth-order valence-corrected chi connectivity index (χ4v) is 5.76. The normalized spacial score (nSPS) is 37.1. The molecule has 3 saturated carbocycles. The molecule has 5 unspecified atom stereocenters. The maximum absolute atomic E-state index is 12.6. The number of ether oxygens (including phenoxy) is 1. The highest BCUT2D eigenvalue weighted by atomic mass is 127. The van der Waals surface area contributed by atoms with Crippen LogP contribution in [0.15, 0.2) is 0 Å². The molecule has 0 aliphatic heterocycles. The predicted molar refractivity (Wildman–Crippen MR) is 98.0 cm³/mol. The monoisotopic (exact) mass is 435 g/mol. The minimum absolute atomic E-state index is 0.0643. The number of carbonyl (C=O) groups is 1. The number of halogens is 1. The molecule has 0 spiro atoms. The largest absolute Gasteiger partial charge is 0.462 e. The summed E-state index contributed by atoms with van der Waals surface area (Å²) in [6, 6.07) is 0.0705. The lowest BCUT2D eigenvalue weighted by Gasteiger charge is -2.38. The summed E-state index contributed by atoms with van der Waals surface area (Å²) in [5, 5.41) is 10.9. The zero-order valence-electron chi connectivity index (χ0n) is 14.5. The van der Waals surface area contributed by atoms with Crippen molar-refractivity contribution in [2.45, 2.75) is 83.5 Å². The van der Waals surface area contributed by atoms with Crippen molar-refractivity contribution < 1.29 is 14.6 Å². The van der Waals surface area contributed by atoms with Crippen molar-refractivity contribution in [2.75, 3.05) is 0 Å². The number of fused-ring (bicyclic) bond motifs is 2. The van der Waals surface area contributed by atoms with Gasteiger partial charge in [-0.1, -0.05) is 12.8 Å². The Morgan fingerprint density at radius 2 is 1.91 bits per heavy atom. The molecule has 0 saturated heterocycles. The van der Waals surface area contributed by atoms with Gasteiger partial charge in [0.15, 0.2) is 0 Å². The average molecular weight is 435 g/mol. The third-order valence-corrected chi connectivity index (χ3v) is 7.92. The number of hydrogen-bond donors (Lipinski definition) is 2. The van der Waals surface area contributed by atoms with Gasteiger partial charge in [-0.2, -0.15) is 0 Å². The Morgan fingerprint density at radius 3 is 2.43 bits per heavy atom. The number of nitrogens with one attached hydrogen (secondary N) is 1. The van der Waals surface area contributed by atoms with Crippen LogP contribution >= 0.6 is 22.9 Å². The van der Waals surface area contributed by atoms with Crippen LogP contribution in [0, 0.1) is 23.2 Å². The van der Waals surface area contributed by atoms with Gasteiger partial charge in [0.2, 0.25) is 0 Å². The first-order chi connectivity index (χ1) is 10.8. The van der Waals surface area contributed by atoms with Gasteiger partial charge in [0, 0.05) is 28.9 Å². The lowest BCUT2D eigenvalue weighted by molar-refractivity contribution is -0.164. The van der Waals surface area contributed by atoms with Crippen LogP contribution in [-0.4, -0.2) is 28.8 Å². The first-order valence-electron chi connectivity index (χ1n) is 9.07. The van der Waals surface area contributed by atoms with Crippen LogP contribution < -0.4 is 3.53 Å². The molecule has 2 bridgehead atoms. The Balaban J connectivity index is 1.59. The van der Waals surface area contributed by atoms with Gasteiger partial charge in [0.05, 0.1) is 11.0 Å². The minimum atomic E-state index is -0.522. The van der Waals surface area contributed by atoms with E-state index in [-0.39, 0.29) is 18.1 Å². The van der Waals surface area contributed by atoms with Crippen molar-refractivity contribution in [1.29, 1.82) is 0 Å². The number of aliphatic hydroxyl groups is 1. The van der Waals surface area contributed by atoms with E-state index in [0.717, 1.165) is 44.9 Å². The molecule has 4 nitrogen and oxygen atoms in total. The molecular formula is C18H30INO3. The fourth-order valence-electron chi connectivity index (χ4n) is 4.99. The Kier molecular flexibility index (Phi) is 5.03. The maximum atomic E-state index is 12.6. The quantitative estimate of drug-likeness (QED) is 0.394. The van der Waals surface area contributed by atoms with Crippen molar-refractivity contribution >= 4 is 28.8 Å². The molecule has 23 heavy (non-hydrogen) atoms. The van der Waals surface area contributed by atoms with Gasteiger partial charge in [0.1, 0.15) is 6.10 Å². The van der Waals surface area contributed by atoms with Gasteiger partial charge >= 0.3 is 5.97 Å². The fraction of sp³-hybridized carbons (Fsp3) is 0.944. The lowest BCUT2D eigenvalue weighted by atomic mass is 9.74. The molecule has 3 aliphatic rings. The van der Waals surface area contributed by atoms with Gasteiger partial charge in [0.25, 0.3) is 0 Å². The summed E-state index contributed by atoms with van der Waals surface area (Å²) in [5.74, 6) is 1.34. The molecule has 3 rings (SSSR count). The second-order valence-electron chi connectivity index (χ2n) is 8.64. The van der Waals surface area contributed by atoms with Crippen molar-refractivity contribution in [3.05, 3.63) is 0 Å². The van der Waals surface area contributed by atoms with E-state index >= 15 is 0 Å². The van der Waals surface area contributed by atoms with E-state index in [9.17, 15) is 9.90 Å². The van der Waals surface area contributed by atoms with Crippen molar-refractivity contribution in [3.8, 4) is 0 Å². The summed E-state index contributed by atoms with van der Waals surface area (Å²) >= 11 is 2.10. The van der Waals surface area contributed by atoms with Crippen LogP contribution in [0.4, 0.5) is 0 Å². The highest BCUT2D eigenvalue weighted by molar-refractivity contribution is 14.1. The van der Waals surface area contributed by atoms with E-state index in [4.69, 9.17) is 4.74 Å². The minimum Gasteiger partial charge on any atom is -0.462 e. The molecule has 0 amide bonds. The number of hydrogen-bond acceptors (Lipinski definition) is 4. The molecule has 0 aromatic carbocycles. The van der Waals surface area contributed by atoms with Crippen LogP contribution in [-0.2, 0) is 9.53 Å². The zero-order valence-corrected chi connectivity index (χ0v) is 16.6. The molecule has 5 heteroatoms. The van der Waals surface area contributed by atoms with Gasteiger partial charge in [-0.05, 0) is 70.6 Å². The van der Waals surface area contributed by atoms with Crippen LogP contribution in [0.1, 0.15) is 65.7 Å². The molecule has 0 aromatic rings. The molecular weight excluding hydrogens is 405 g/mol. The molecule has 0 radical (unpaired) electrons. The second-order valence-corrected chi connectivity index (χ2v) is 9.26. The van der Waals surface area contributed by atoms with E-state index in [1.54, 1.807) is 0 Å². The number of carbonyl (C=O) groups excluding carboxylic acids is 1. The first-order valence-corrected chi connectivity index (χ1v) is 10.2. The first kappa shape index (κ1) is 17.9. The molecule has 3 fully saturated rings. The van der Waals surface area contributed by atoms with E-state index in [1.165, 1.54) is 0 Å². The average Bonchev–Trinajstić information content (AvgIpc) is 3.21. The van der Waals surface area contributed by atoms with E-state index in [2.05, 4.69) is 26.4 Å². The lowest BCUT2D eigenvalue weighted by Crippen LogP contribution is -2.45. The topological polar surface area (TPSA) is 58.6 Å². The molecule has 0 heterocycles. The van der Waals surface area contributed by atoms with Crippen LogP contribution in [0.3, 0.4) is 0 Å². The Labute approximate surface area is 153 Å². The van der Waals surface area contributed by atoms with Gasteiger partial charge < -0.3 is 9.84 Å². The zero-order chi connectivity index (χ0) is 16.8. The Morgan fingerprint density at radius 1 is 1.26 bits per heavy atom. The summed E-state index contributed by atoms with van der Waals surface area (Å²) in [6.07, 6.45) is 7.45. The van der Waals surface area contributed by atoms with Gasteiger partial charge in [-0.3, -0.25) is 8.32 Å². The highest BCUT2D eigenvalue weighted by Gasteiger charge is 2.55. The van der Waals surface area contributed by atoms with Gasteiger partial charge in [-0.15, -0.1) is 0 Å². The number of rotatable bonds is 5. The molecule has 132 valence electrons. The third kappa shape index (κ3) is 3.17. The summed E-state index contributed by atoms with van der Waals surface area (Å²) in [5.41, 5.74) is -0.945. The molecule has 0 aromatic heterocycles. The molecule has 3 aliphatic carbocycles. The Hall–Kier alpha value is 0.120. The molecule has 5 atom stereocenters. The SMILES string of the molecule is CC(NI)C(C)(C)C(=O)OC1CC2CC1CC2C1(O)CCCC1. The number of esters is 1.